The summed E-state index contributed by atoms with van der Waals surface area (Å²) >= 11 is 0. The first-order valence-electron chi connectivity index (χ1n) is 5.64. The lowest BCUT2D eigenvalue weighted by molar-refractivity contribution is 0.439. The molecule has 1 unspecified atom stereocenters. The first kappa shape index (κ1) is 13.1. The average Bonchev–Trinajstić information content (AvgIpc) is 2.22. The van der Waals surface area contributed by atoms with Crippen LogP contribution in [0.4, 0.5) is 8.78 Å². The number of nitrogens with one attached hydrogen (secondary N) is 1. The SMILES string of the molecule is CNC(Cc1ccc(F)c(F)c1)CC(C)C. The number of likely N-dealkylation sites (N-methyl/N-ethyl adjacent to an activating group) is 1. The van der Waals surface area contributed by atoms with Gasteiger partial charge in [0.15, 0.2) is 11.6 Å². The maximum atomic E-state index is 13.0. The summed E-state index contributed by atoms with van der Waals surface area (Å²) in [6.07, 6.45) is 1.75. The van der Waals surface area contributed by atoms with E-state index in [0.717, 1.165) is 18.4 Å². The van der Waals surface area contributed by atoms with E-state index in [2.05, 4.69) is 19.2 Å². The van der Waals surface area contributed by atoms with Crippen molar-refractivity contribution in [3.8, 4) is 0 Å². The summed E-state index contributed by atoms with van der Waals surface area (Å²) in [6, 6.07) is 4.42. The Morgan fingerprint density at radius 3 is 2.38 bits per heavy atom. The quantitative estimate of drug-likeness (QED) is 0.814. The van der Waals surface area contributed by atoms with Gasteiger partial charge >= 0.3 is 0 Å². The molecule has 0 amide bonds. The number of rotatable bonds is 5. The number of hydrogen-bond donors (Lipinski definition) is 1. The minimum atomic E-state index is -0.784. The first-order valence-corrected chi connectivity index (χ1v) is 5.64. The van der Waals surface area contributed by atoms with Crippen LogP contribution in [0.25, 0.3) is 0 Å². The molecule has 16 heavy (non-hydrogen) atoms. The van der Waals surface area contributed by atoms with Crippen LogP contribution in [-0.4, -0.2) is 13.1 Å². The van der Waals surface area contributed by atoms with Crippen LogP contribution >= 0.6 is 0 Å². The molecule has 0 saturated carbocycles. The van der Waals surface area contributed by atoms with E-state index in [9.17, 15) is 8.78 Å². The largest absolute Gasteiger partial charge is 0.317 e. The van der Waals surface area contributed by atoms with Gasteiger partial charge in [0.1, 0.15) is 0 Å². The highest BCUT2D eigenvalue weighted by molar-refractivity contribution is 5.18. The highest BCUT2D eigenvalue weighted by atomic mass is 19.2. The zero-order valence-corrected chi connectivity index (χ0v) is 10.1. The van der Waals surface area contributed by atoms with E-state index >= 15 is 0 Å². The molecule has 0 aliphatic carbocycles. The Labute approximate surface area is 95.9 Å². The minimum absolute atomic E-state index is 0.310. The fraction of sp³-hybridized carbons (Fsp3) is 0.538. The maximum absolute atomic E-state index is 13.0. The van der Waals surface area contributed by atoms with Crippen LogP contribution in [-0.2, 0) is 6.42 Å². The molecule has 0 spiro atoms. The third-order valence-corrected chi connectivity index (χ3v) is 2.63. The van der Waals surface area contributed by atoms with Gasteiger partial charge in [-0.25, -0.2) is 8.78 Å². The Morgan fingerprint density at radius 1 is 1.19 bits per heavy atom. The predicted molar refractivity (Wildman–Crippen MR) is 62.4 cm³/mol. The molecule has 1 aromatic carbocycles. The van der Waals surface area contributed by atoms with E-state index in [0.29, 0.717) is 12.0 Å². The summed E-state index contributed by atoms with van der Waals surface area (Å²) in [5, 5.41) is 3.20. The van der Waals surface area contributed by atoms with E-state index in [-0.39, 0.29) is 0 Å². The summed E-state index contributed by atoms with van der Waals surface area (Å²) in [5.41, 5.74) is 0.832. The molecule has 1 rings (SSSR count). The van der Waals surface area contributed by atoms with Gasteiger partial charge in [-0.1, -0.05) is 19.9 Å². The van der Waals surface area contributed by atoms with Crippen LogP contribution in [0.3, 0.4) is 0 Å². The fourth-order valence-corrected chi connectivity index (χ4v) is 1.82. The zero-order valence-electron chi connectivity index (χ0n) is 10.1. The van der Waals surface area contributed by atoms with Crippen molar-refractivity contribution in [2.75, 3.05) is 7.05 Å². The molecule has 0 radical (unpaired) electrons. The summed E-state index contributed by atoms with van der Waals surface area (Å²) in [7, 11) is 1.90. The van der Waals surface area contributed by atoms with Gasteiger partial charge < -0.3 is 5.32 Å². The summed E-state index contributed by atoms with van der Waals surface area (Å²) in [5.74, 6) is -0.965. The second kappa shape index (κ2) is 5.94. The molecule has 0 aliphatic heterocycles. The summed E-state index contributed by atoms with van der Waals surface area (Å²) in [6.45, 7) is 4.30. The number of benzene rings is 1. The van der Waals surface area contributed by atoms with Gasteiger partial charge in [0, 0.05) is 6.04 Å². The third-order valence-electron chi connectivity index (χ3n) is 2.63. The summed E-state index contributed by atoms with van der Waals surface area (Å²) < 4.78 is 25.7. The first-order chi connectivity index (χ1) is 7.52. The molecule has 1 N–H and O–H groups in total. The van der Waals surface area contributed by atoms with Crippen molar-refractivity contribution >= 4 is 0 Å². The standard InChI is InChI=1S/C13H19F2N/c1-9(2)6-11(16-3)7-10-4-5-12(14)13(15)8-10/h4-5,8-9,11,16H,6-7H2,1-3H3. The molecule has 90 valence electrons. The predicted octanol–water partition coefficient (Wildman–Crippen LogP) is 3.14. The van der Waals surface area contributed by atoms with Gasteiger partial charge in [-0.05, 0) is 43.5 Å². The molecular formula is C13H19F2N. The third kappa shape index (κ3) is 3.89. The molecule has 1 aromatic rings. The van der Waals surface area contributed by atoms with Crippen molar-refractivity contribution in [2.24, 2.45) is 5.92 Å². The molecule has 1 atom stereocenters. The van der Waals surface area contributed by atoms with Crippen LogP contribution in [0.15, 0.2) is 18.2 Å². The minimum Gasteiger partial charge on any atom is -0.317 e. The van der Waals surface area contributed by atoms with Gasteiger partial charge in [0.25, 0.3) is 0 Å². The highest BCUT2D eigenvalue weighted by Crippen LogP contribution is 2.13. The van der Waals surface area contributed by atoms with Gasteiger partial charge in [-0.3, -0.25) is 0 Å². The Hall–Kier alpha value is -0.960. The van der Waals surface area contributed by atoms with E-state index in [1.807, 2.05) is 7.05 Å². The van der Waals surface area contributed by atoms with Crippen LogP contribution in [0.1, 0.15) is 25.8 Å². The van der Waals surface area contributed by atoms with Crippen LogP contribution < -0.4 is 5.32 Å². The lowest BCUT2D eigenvalue weighted by atomic mass is 9.97. The van der Waals surface area contributed by atoms with Gasteiger partial charge in [0.05, 0.1) is 0 Å². The van der Waals surface area contributed by atoms with Gasteiger partial charge in [-0.15, -0.1) is 0 Å². The van der Waals surface area contributed by atoms with Gasteiger partial charge in [-0.2, -0.15) is 0 Å². The normalized spacial score (nSPS) is 13.1. The number of halogens is 2. The van der Waals surface area contributed by atoms with Crippen molar-refractivity contribution in [3.63, 3.8) is 0 Å². The molecule has 1 nitrogen and oxygen atoms in total. The van der Waals surface area contributed by atoms with Crippen LogP contribution in [0, 0.1) is 17.6 Å². The Balaban J connectivity index is 2.66. The highest BCUT2D eigenvalue weighted by Gasteiger charge is 2.11. The lowest BCUT2D eigenvalue weighted by Crippen LogP contribution is -2.29. The van der Waals surface area contributed by atoms with Crippen LogP contribution in [0.5, 0.6) is 0 Å². The van der Waals surface area contributed by atoms with Crippen molar-refractivity contribution in [1.29, 1.82) is 0 Å². The molecular weight excluding hydrogens is 208 g/mol. The zero-order chi connectivity index (χ0) is 12.1. The smallest absolute Gasteiger partial charge is 0.159 e. The fourth-order valence-electron chi connectivity index (χ4n) is 1.82. The molecule has 0 aliphatic rings. The summed E-state index contributed by atoms with van der Waals surface area (Å²) in [4.78, 5) is 0. The topological polar surface area (TPSA) is 12.0 Å². The van der Waals surface area contributed by atoms with Crippen molar-refractivity contribution in [3.05, 3.63) is 35.4 Å². The van der Waals surface area contributed by atoms with E-state index in [1.54, 1.807) is 6.07 Å². The second-order valence-electron chi connectivity index (χ2n) is 4.57. The monoisotopic (exact) mass is 227 g/mol. The molecule has 0 heterocycles. The maximum Gasteiger partial charge on any atom is 0.159 e. The lowest BCUT2D eigenvalue weighted by Gasteiger charge is -2.18. The van der Waals surface area contributed by atoms with Crippen molar-refractivity contribution in [2.45, 2.75) is 32.7 Å². The number of hydrogen-bond acceptors (Lipinski definition) is 1. The Bertz CT molecular complexity index is 337. The molecule has 0 bridgehead atoms. The molecule has 0 saturated heterocycles. The van der Waals surface area contributed by atoms with Crippen molar-refractivity contribution < 1.29 is 8.78 Å². The van der Waals surface area contributed by atoms with E-state index < -0.39 is 11.6 Å². The molecule has 3 heteroatoms. The van der Waals surface area contributed by atoms with E-state index in [4.69, 9.17) is 0 Å². The van der Waals surface area contributed by atoms with Crippen molar-refractivity contribution in [1.82, 2.24) is 5.32 Å². The van der Waals surface area contributed by atoms with Gasteiger partial charge in [0.2, 0.25) is 0 Å². The molecule has 0 fully saturated rings. The Morgan fingerprint density at radius 2 is 1.88 bits per heavy atom. The average molecular weight is 227 g/mol. The Kier molecular flexibility index (Phi) is 4.87. The second-order valence-corrected chi connectivity index (χ2v) is 4.57. The van der Waals surface area contributed by atoms with E-state index in [1.165, 1.54) is 12.1 Å². The molecule has 0 aromatic heterocycles. The van der Waals surface area contributed by atoms with Crippen LogP contribution in [0.2, 0.25) is 0 Å².